The maximum atomic E-state index is 14.5. The Kier molecular flexibility index (Phi) is 4.38. The van der Waals surface area contributed by atoms with E-state index in [9.17, 15) is 9.18 Å². The number of aromatic nitrogens is 2. The Morgan fingerprint density at radius 3 is 3.09 bits per heavy atom. The van der Waals surface area contributed by atoms with Crippen molar-refractivity contribution in [3.05, 3.63) is 35.5 Å². The number of fused-ring (bicyclic) bond motifs is 1. The Labute approximate surface area is 133 Å². The molecule has 0 spiro atoms. The first-order chi connectivity index (χ1) is 10.6. The highest BCUT2D eigenvalue weighted by molar-refractivity contribution is 7.98. The summed E-state index contributed by atoms with van der Waals surface area (Å²) in [4.78, 5) is 18.6. The smallest absolute Gasteiger partial charge is 0.277 e. The van der Waals surface area contributed by atoms with Gasteiger partial charge in [-0.15, -0.1) is 0 Å². The van der Waals surface area contributed by atoms with Crippen LogP contribution in [0, 0.1) is 18.8 Å². The third kappa shape index (κ3) is 2.84. The number of piperidine rings is 1. The number of carbonyl (C=O) groups excluding carboxylic acids is 1. The molecule has 4 nitrogen and oxygen atoms in total. The van der Waals surface area contributed by atoms with E-state index in [1.54, 1.807) is 28.9 Å². The van der Waals surface area contributed by atoms with Gasteiger partial charge in [-0.25, -0.2) is 4.98 Å². The first-order valence-corrected chi connectivity index (χ1v) is 8.92. The summed E-state index contributed by atoms with van der Waals surface area (Å²) in [5.41, 5.74) is 1.35. The number of likely N-dealkylation sites (tertiary alicyclic amines) is 1. The van der Waals surface area contributed by atoms with Crippen molar-refractivity contribution in [2.24, 2.45) is 5.92 Å². The lowest BCUT2D eigenvalue weighted by molar-refractivity contribution is 0.0674. The van der Waals surface area contributed by atoms with Crippen LogP contribution in [0.1, 0.15) is 28.9 Å². The summed E-state index contributed by atoms with van der Waals surface area (Å²) in [5.74, 6) is 0.687. The number of rotatable bonds is 3. The molecule has 0 saturated carbocycles. The van der Waals surface area contributed by atoms with Gasteiger partial charge in [0.2, 0.25) is 5.95 Å². The van der Waals surface area contributed by atoms with Gasteiger partial charge in [0.25, 0.3) is 5.91 Å². The zero-order valence-electron chi connectivity index (χ0n) is 12.9. The van der Waals surface area contributed by atoms with Gasteiger partial charge in [-0.1, -0.05) is 6.07 Å². The molecule has 3 heterocycles. The van der Waals surface area contributed by atoms with E-state index in [2.05, 4.69) is 11.2 Å². The molecule has 0 N–H and O–H groups in total. The average Bonchev–Trinajstić information content (AvgIpc) is 2.84. The Morgan fingerprint density at radius 1 is 1.50 bits per heavy atom. The van der Waals surface area contributed by atoms with Gasteiger partial charge in [-0.3, -0.25) is 9.20 Å². The molecule has 1 fully saturated rings. The van der Waals surface area contributed by atoms with Crippen LogP contribution in [0.3, 0.4) is 0 Å². The predicted octanol–water partition coefficient (Wildman–Crippen LogP) is 3.00. The van der Waals surface area contributed by atoms with Crippen molar-refractivity contribution in [2.45, 2.75) is 19.8 Å². The second kappa shape index (κ2) is 6.28. The van der Waals surface area contributed by atoms with Crippen molar-refractivity contribution >= 4 is 23.3 Å². The van der Waals surface area contributed by atoms with Crippen LogP contribution in [0.5, 0.6) is 0 Å². The Balaban J connectivity index is 1.87. The van der Waals surface area contributed by atoms with E-state index < -0.39 is 5.95 Å². The molecule has 1 amide bonds. The summed E-state index contributed by atoms with van der Waals surface area (Å²) in [6, 6.07) is 3.60. The number of amides is 1. The summed E-state index contributed by atoms with van der Waals surface area (Å²) in [7, 11) is 0. The minimum Gasteiger partial charge on any atom is -0.337 e. The first-order valence-electron chi connectivity index (χ1n) is 7.52. The predicted molar refractivity (Wildman–Crippen MR) is 86.9 cm³/mol. The van der Waals surface area contributed by atoms with Crippen molar-refractivity contribution in [2.75, 3.05) is 25.1 Å². The highest BCUT2D eigenvalue weighted by Gasteiger charge is 2.28. The van der Waals surface area contributed by atoms with E-state index in [4.69, 9.17) is 0 Å². The van der Waals surface area contributed by atoms with Crippen molar-refractivity contribution in [3.63, 3.8) is 0 Å². The van der Waals surface area contributed by atoms with Gasteiger partial charge in [0.15, 0.2) is 5.69 Å². The van der Waals surface area contributed by atoms with E-state index in [0.717, 1.165) is 24.2 Å². The number of hydrogen-bond donors (Lipinski definition) is 0. The molecule has 0 bridgehead atoms. The number of nitrogens with zero attached hydrogens (tertiary/aromatic N) is 3. The Hall–Kier alpha value is -1.56. The van der Waals surface area contributed by atoms with Gasteiger partial charge in [-0.2, -0.15) is 16.2 Å². The normalized spacial score (nSPS) is 18.9. The third-order valence-corrected chi connectivity index (χ3v) is 4.92. The van der Waals surface area contributed by atoms with Gasteiger partial charge >= 0.3 is 0 Å². The fourth-order valence-electron chi connectivity index (χ4n) is 3.03. The summed E-state index contributed by atoms with van der Waals surface area (Å²) >= 11 is 1.79. The average molecular weight is 321 g/mol. The molecule has 3 rings (SSSR count). The molecule has 1 saturated heterocycles. The first kappa shape index (κ1) is 15.3. The third-order valence-electron chi connectivity index (χ3n) is 4.12. The molecule has 0 aliphatic carbocycles. The molecule has 118 valence electrons. The van der Waals surface area contributed by atoms with E-state index >= 15 is 0 Å². The van der Waals surface area contributed by atoms with Crippen LogP contribution >= 0.6 is 11.8 Å². The molecule has 2 aromatic rings. The highest BCUT2D eigenvalue weighted by atomic mass is 32.2. The molecular weight excluding hydrogens is 301 g/mol. The van der Waals surface area contributed by atoms with E-state index in [1.165, 1.54) is 4.40 Å². The number of carbonyl (C=O) groups is 1. The van der Waals surface area contributed by atoms with Crippen LogP contribution in [0.4, 0.5) is 4.39 Å². The van der Waals surface area contributed by atoms with Gasteiger partial charge in [0.1, 0.15) is 5.65 Å². The molecule has 2 aromatic heterocycles. The summed E-state index contributed by atoms with van der Waals surface area (Å²) in [6.07, 6.45) is 5.86. The zero-order chi connectivity index (χ0) is 15.7. The molecule has 1 atom stereocenters. The second-order valence-corrected chi connectivity index (χ2v) is 6.81. The quantitative estimate of drug-likeness (QED) is 0.872. The van der Waals surface area contributed by atoms with E-state index in [1.807, 2.05) is 13.0 Å². The second-order valence-electron chi connectivity index (χ2n) is 5.90. The van der Waals surface area contributed by atoms with Crippen LogP contribution in [0.25, 0.3) is 5.65 Å². The maximum absolute atomic E-state index is 14.5. The summed E-state index contributed by atoms with van der Waals surface area (Å²) in [6.45, 7) is 3.28. The molecule has 1 aliphatic heterocycles. The van der Waals surface area contributed by atoms with Crippen molar-refractivity contribution in [1.82, 2.24) is 14.3 Å². The van der Waals surface area contributed by atoms with Gasteiger partial charge in [0.05, 0.1) is 0 Å². The molecule has 0 unspecified atom stereocenters. The fraction of sp³-hybridized carbons (Fsp3) is 0.500. The van der Waals surface area contributed by atoms with Crippen molar-refractivity contribution in [1.29, 1.82) is 0 Å². The number of halogens is 1. The largest absolute Gasteiger partial charge is 0.337 e. The summed E-state index contributed by atoms with van der Waals surface area (Å²) < 4.78 is 15.9. The van der Waals surface area contributed by atoms with Crippen LogP contribution < -0.4 is 0 Å². The number of thioether (sulfide) groups is 1. The number of aryl methyl sites for hydroxylation is 1. The standard InChI is InChI=1S/C16H20FN3OS/c1-11-5-6-13-18-14(15(17)20(13)8-11)16(21)19-7-3-4-12(9-19)10-22-2/h5-6,8,12H,3-4,7,9-10H2,1-2H3/t12-/m0/s1. The van der Waals surface area contributed by atoms with Crippen molar-refractivity contribution in [3.8, 4) is 0 Å². The van der Waals surface area contributed by atoms with Gasteiger partial charge < -0.3 is 4.90 Å². The highest BCUT2D eigenvalue weighted by Crippen LogP contribution is 2.22. The minimum absolute atomic E-state index is 0.0598. The topological polar surface area (TPSA) is 37.6 Å². The molecule has 0 radical (unpaired) electrons. The Bertz CT molecular complexity index is 698. The lowest BCUT2D eigenvalue weighted by atomic mass is 10.00. The van der Waals surface area contributed by atoms with E-state index in [-0.39, 0.29) is 11.6 Å². The van der Waals surface area contributed by atoms with Crippen LogP contribution in [-0.2, 0) is 0 Å². The van der Waals surface area contributed by atoms with E-state index in [0.29, 0.717) is 24.7 Å². The maximum Gasteiger partial charge on any atom is 0.277 e. The molecule has 1 aliphatic rings. The fourth-order valence-corrected chi connectivity index (χ4v) is 3.77. The van der Waals surface area contributed by atoms with Crippen molar-refractivity contribution < 1.29 is 9.18 Å². The SMILES string of the molecule is CSC[C@H]1CCCN(C(=O)c2nc3ccc(C)cn3c2F)C1. The summed E-state index contributed by atoms with van der Waals surface area (Å²) in [5, 5.41) is 0. The lowest BCUT2D eigenvalue weighted by Gasteiger charge is -2.32. The number of hydrogen-bond acceptors (Lipinski definition) is 3. The zero-order valence-corrected chi connectivity index (χ0v) is 13.7. The van der Waals surface area contributed by atoms with Crippen LogP contribution in [0.15, 0.2) is 18.3 Å². The minimum atomic E-state index is -0.560. The van der Waals surface area contributed by atoms with Gasteiger partial charge in [-0.05, 0) is 49.3 Å². The molecule has 22 heavy (non-hydrogen) atoms. The molecule has 0 aromatic carbocycles. The van der Waals surface area contributed by atoms with Crippen LogP contribution in [-0.4, -0.2) is 45.3 Å². The monoisotopic (exact) mass is 321 g/mol. The van der Waals surface area contributed by atoms with Crippen LogP contribution in [0.2, 0.25) is 0 Å². The number of imidazole rings is 1. The number of pyridine rings is 1. The molecule has 6 heteroatoms. The van der Waals surface area contributed by atoms with Gasteiger partial charge in [0, 0.05) is 19.3 Å². The lowest BCUT2D eigenvalue weighted by Crippen LogP contribution is -2.41. The molecular formula is C16H20FN3OS. The Morgan fingerprint density at radius 2 is 2.32 bits per heavy atom.